The van der Waals surface area contributed by atoms with Gasteiger partial charge < -0.3 is 10.6 Å². The molecule has 0 aromatic carbocycles. The van der Waals surface area contributed by atoms with Gasteiger partial charge in [0, 0.05) is 37.6 Å². The lowest BCUT2D eigenvalue weighted by molar-refractivity contribution is -0.129. The number of nitrogens with zero attached hydrogens (tertiary/aromatic N) is 2. The fourth-order valence-corrected chi connectivity index (χ4v) is 5.75. The summed E-state index contributed by atoms with van der Waals surface area (Å²) in [6, 6.07) is 3.45. The second-order valence-electron chi connectivity index (χ2n) is 7.02. The monoisotopic (exact) mass is 387 g/mol. The average molecular weight is 388 g/mol. The molecule has 1 unspecified atom stereocenters. The highest BCUT2D eigenvalue weighted by Gasteiger charge is 2.28. The second kappa shape index (κ2) is 8.62. The zero-order valence-corrected chi connectivity index (χ0v) is 16.9. The highest BCUT2D eigenvalue weighted by molar-refractivity contribution is 7.91. The van der Waals surface area contributed by atoms with Crippen LogP contribution in [0.25, 0.3) is 0 Å². The van der Waals surface area contributed by atoms with Gasteiger partial charge in [0.1, 0.15) is 4.21 Å². The van der Waals surface area contributed by atoms with Crippen LogP contribution in [0.4, 0.5) is 0 Å². The van der Waals surface area contributed by atoms with Crippen LogP contribution in [0.5, 0.6) is 0 Å². The molecule has 2 N–H and O–H groups in total. The molecule has 25 heavy (non-hydrogen) atoms. The van der Waals surface area contributed by atoms with Crippen molar-refractivity contribution in [1.29, 1.82) is 0 Å². The van der Waals surface area contributed by atoms with Crippen LogP contribution in [0.15, 0.2) is 16.3 Å². The van der Waals surface area contributed by atoms with Gasteiger partial charge in [-0.3, -0.25) is 4.79 Å². The molecule has 0 bridgehead atoms. The Morgan fingerprint density at radius 1 is 1.32 bits per heavy atom. The molecule has 0 radical (unpaired) electrons. The van der Waals surface area contributed by atoms with E-state index in [-0.39, 0.29) is 18.4 Å². The molecule has 2 heterocycles. The standard InChI is InChI=1S/C17H29N3O3S2/c1-13(2)15(18)8-11-19(3)16(21)12-14-6-7-17(24-14)25(22,23)20-9-4-5-10-20/h6-7,13,15H,4-5,8-12,18H2,1-3H3. The third-order valence-corrected chi connectivity index (χ3v) is 8.15. The maximum absolute atomic E-state index is 12.5. The summed E-state index contributed by atoms with van der Waals surface area (Å²) in [5.41, 5.74) is 6.02. The quantitative estimate of drug-likeness (QED) is 0.738. The summed E-state index contributed by atoms with van der Waals surface area (Å²) >= 11 is 1.20. The van der Waals surface area contributed by atoms with Crippen LogP contribution in [0.3, 0.4) is 0 Å². The largest absolute Gasteiger partial charge is 0.345 e. The predicted octanol–water partition coefficient (Wildman–Crippen LogP) is 1.91. The van der Waals surface area contributed by atoms with E-state index < -0.39 is 10.0 Å². The molecule has 1 amide bonds. The first-order chi connectivity index (χ1) is 11.7. The summed E-state index contributed by atoms with van der Waals surface area (Å²) in [6.07, 6.45) is 2.82. The first-order valence-corrected chi connectivity index (χ1v) is 11.1. The van der Waals surface area contributed by atoms with Gasteiger partial charge in [-0.2, -0.15) is 4.31 Å². The van der Waals surface area contributed by atoms with E-state index in [0.717, 1.165) is 24.1 Å². The Labute approximate surface area is 155 Å². The fourth-order valence-electron chi connectivity index (χ4n) is 2.73. The molecular formula is C17H29N3O3S2. The van der Waals surface area contributed by atoms with E-state index in [0.29, 0.717) is 29.8 Å². The van der Waals surface area contributed by atoms with Crippen molar-refractivity contribution in [3.8, 4) is 0 Å². The van der Waals surface area contributed by atoms with E-state index in [2.05, 4.69) is 13.8 Å². The topological polar surface area (TPSA) is 83.7 Å². The molecule has 8 heteroatoms. The van der Waals surface area contributed by atoms with Gasteiger partial charge in [-0.25, -0.2) is 8.42 Å². The number of rotatable bonds is 8. The number of sulfonamides is 1. The van der Waals surface area contributed by atoms with Crippen LogP contribution in [0.1, 0.15) is 38.0 Å². The molecule has 1 atom stereocenters. The van der Waals surface area contributed by atoms with E-state index in [4.69, 9.17) is 5.73 Å². The van der Waals surface area contributed by atoms with E-state index in [1.165, 1.54) is 15.6 Å². The van der Waals surface area contributed by atoms with Gasteiger partial charge in [0.05, 0.1) is 6.42 Å². The number of nitrogens with two attached hydrogens (primary N) is 1. The molecule has 1 aromatic heterocycles. The van der Waals surface area contributed by atoms with Gasteiger partial charge in [-0.1, -0.05) is 13.8 Å². The van der Waals surface area contributed by atoms with Crippen LogP contribution in [-0.4, -0.2) is 56.3 Å². The zero-order valence-electron chi connectivity index (χ0n) is 15.3. The number of carbonyl (C=O) groups is 1. The maximum atomic E-state index is 12.5. The molecule has 0 spiro atoms. The molecule has 1 fully saturated rings. The zero-order chi connectivity index (χ0) is 18.6. The Kier molecular flexibility index (Phi) is 7.01. The van der Waals surface area contributed by atoms with Crippen molar-refractivity contribution in [3.63, 3.8) is 0 Å². The number of amides is 1. The van der Waals surface area contributed by atoms with Crippen LogP contribution in [0.2, 0.25) is 0 Å². The minimum atomic E-state index is -3.39. The Morgan fingerprint density at radius 3 is 2.56 bits per heavy atom. The van der Waals surface area contributed by atoms with Gasteiger partial charge in [0.25, 0.3) is 10.0 Å². The molecule has 1 aliphatic rings. The maximum Gasteiger partial charge on any atom is 0.252 e. The highest BCUT2D eigenvalue weighted by Crippen LogP contribution is 2.27. The Balaban J connectivity index is 1.93. The van der Waals surface area contributed by atoms with Crippen molar-refractivity contribution in [1.82, 2.24) is 9.21 Å². The molecule has 1 saturated heterocycles. The SMILES string of the molecule is CC(C)C(N)CCN(C)C(=O)Cc1ccc(S(=O)(=O)N2CCCC2)s1. The van der Waals surface area contributed by atoms with Crippen molar-refractivity contribution in [2.75, 3.05) is 26.7 Å². The van der Waals surface area contributed by atoms with E-state index in [1.807, 2.05) is 0 Å². The number of likely N-dealkylation sites (N-methyl/N-ethyl adjacent to an activating group) is 1. The van der Waals surface area contributed by atoms with E-state index >= 15 is 0 Å². The average Bonchev–Trinajstić information content (AvgIpc) is 3.23. The minimum Gasteiger partial charge on any atom is -0.345 e. The van der Waals surface area contributed by atoms with Crippen molar-refractivity contribution in [3.05, 3.63) is 17.0 Å². The van der Waals surface area contributed by atoms with Crippen LogP contribution in [0, 0.1) is 5.92 Å². The highest BCUT2D eigenvalue weighted by atomic mass is 32.2. The van der Waals surface area contributed by atoms with Gasteiger partial charge in [0.15, 0.2) is 0 Å². The summed E-state index contributed by atoms with van der Waals surface area (Å²) in [5.74, 6) is 0.377. The van der Waals surface area contributed by atoms with Gasteiger partial charge in [0.2, 0.25) is 5.91 Å². The van der Waals surface area contributed by atoms with Gasteiger partial charge in [-0.15, -0.1) is 11.3 Å². The Morgan fingerprint density at radius 2 is 1.96 bits per heavy atom. The summed E-state index contributed by atoms with van der Waals surface area (Å²) in [5, 5.41) is 0. The summed E-state index contributed by atoms with van der Waals surface area (Å²) in [7, 11) is -1.63. The third kappa shape index (κ3) is 5.26. The van der Waals surface area contributed by atoms with Crippen molar-refractivity contribution in [2.45, 2.75) is 49.8 Å². The smallest absolute Gasteiger partial charge is 0.252 e. The van der Waals surface area contributed by atoms with Crippen molar-refractivity contribution < 1.29 is 13.2 Å². The van der Waals surface area contributed by atoms with E-state index in [1.54, 1.807) is 24.1 Å². The van der Waals surface area contributed by atoms with Crippen molar-refractivity contribution >= 4 is 27.3 Å². The Bertz CT molecular complexity index is 679. The van der Waals surface area contributed by atoms with E-state index in [9.17, 15) is 13.2 Å². The molecule has 1 aromatic rings. The van der Waals surface area contributed by atoms with Crippen LogP contribution >= 0.6 is 11.3 Å². The molecule has 1 aliphatic heterocycles. The normalized spacial score (nSPS) is 17.2. The first kappa shape index (κ1) is 20.4. The molecular weight excluding hydrogens is 358 g/mol. The summed E-state index contributed by atoms with van der Waals surface area (Å²) < 4.78 is 26.9. The fraction of sp³-hybridized carbons (Fsp3) is 0.706. The number of hydrogen-bond donors (Lipinski definition) is 1. The Hall–Kier alpha value is -0.960. The number of carbonyl (C=O) groups excluding carboxylic acids is 1. The molecule has 2 rings (SSSR count). The van der Waals surface area contributed by atoms with Gasteiger partial charge >= 0.3 is 0 Å². The lowest BCUT2D eigenvalue weighted by Gasteiger charge is -2.21. The summed E-state index contributed by atoms with van der Waals surface area (Å²) in [4.78, 5) is 14.8. The molecule has 0 aliphatic carbocycles. The lowest BCUT2D eigenvalue weighted by Crippen LogP contribution is -2.35. The van der Waals surface area contributed by atoms with Crippen LogP contribution in [-0.2, 0) is 21.2 Å². The lowest BCUT2D eigenvalue weighted by atomic mass is 10.0. The summed E-state index contributed by atoms with van der Waals surface area (Å²) in [6.45, 7) is 5.93. The third-order valence-electron chi connectivity index (χ3n) is 4.70. The molecule has 142 valence electrons. The van der Waals surface area contributed by atoms with Gasteiger partial charge in [-0.05, 0) is 37.3 Å². The molecule has 0 saturated carbocycles. The van der Waals surface area contributed by atoms with Crippen LogP contribution < -0.4 is 5.73 Å². The first-order valence-electron chi connectivity index (χ1n) is 8.80. The predicted molar refractivity (Wildman–Crippen MR) is 101 cm³/mol. The van der Waals surface area contributed by atoms with Crippen molar-refractivity contribution in [2.24, 2.45) is 11.7 Å². The second-order valence-corrected chi connectivity index (χ2v) is 10.4. The molecule has 6 nitrogen and oxygen atoms in total. The minimum absolute atomic E-state index is 0.0112. The number of hydrogen-bond acceptors (Lipinski definition) is 5. The number of thiophene rings is 1.